The number of pyridine rings is 1. The second kappa shape index (κ2) is 4.29. The number of hydrogen-bond donors (Lipinski definition) is 1. The number of aliphatic carboxylic acids is 1. The van der Waals surface area contributed by atoms with Crippen LogP contribution in [0.3, 0.4) is 0 Å². The van der Waals surface area contributed by atoms with Crippen molar-refractivity contribution in [1.29, 1.82) is 0 Å². The highest BCUT2D eigenvalue weighted by molar-refractivity contribution is 5.83. The van der Waals surface area contributed by atoms with Gasteiger partial charge < -0.3 is 5.11 Å². The molecule has 0 aliphatic rings. The Hall–Kier alpha value is -2.11. The van der Waals surface area contributed by atoms with Crippen LogP contribution < -0.4 is 0 Å². The number of halogens is 3. The Morgan fingerprint density at radius 2 is 2.06 bits per heavy atom. The lowest BCUT2D eigenvalue weighted by Crippen LogP contribution is -2.07. The predicted octanol–water partition coefficient (Wildman–Crippen LogP) is 2.88. The number of hydrogen-bond acceptors (Lipinski definition) is 2. The molecule has 2 aromatic rings. The molecule has 0 spiro atoms. The molecule has 0 bridgehead atoms. The maximum Gasteiger partial charge on any atom is 0.418 e. The molecule has 0 saturated carbocycles. The molecule has 0 radical (unpaired) electrons. The van der Waals surface area contributed by atoms with Gasteiger partial charge in [0.1, 0.15) is 0 Å². The number of carboxylic acid groups (broad SMARTS) is 1. The number of rotatable bonds is 2. The summed E-state index contributed by atoms with van der Waals surface area (Å²) in [4.78, 5) is 14.2. The number of benzene rings is 1. The monoisotopic (exact) mass is 255 g/mol. The topological polar surface area (TPSA) is 50.2 Å². The van der Waals surface area contributed by atoms with Crippen LogP contribution in [0, 0.1) is 0 Å². The van der Waals surface area contributed by atoms with E-state index in [2.05, 4.69) is 4.98 Å². The van der Waals surface area contributed by atoms with Gasteiger partial charge in [-0.25, -0.2) is 0 Å². The van der Waals surface area contributed by atoms with Gasteiger partial charge in [0.2, 0.25) is 0 Å². The highest BCUT2D eigenvalue weighted by Crippen LogP contribution is 2.33. The van der Waals surface area contributed by atoms with E-state index in [-0.39, 0.29) is 17.3 Å². The summed E-state index contributed by atoms with van der Waals surface area (Å²) < 4.78 is 38.1. The average Bonchev–Trinajstić information content (AvgIpc) is 2.25. The third kappa shape index (κ3) is 2.42. The molecule has 0 atom stereocenters. The third-order valence-electron chi connectivity index (χ3n) is 2.43. The van der Waals surface area contributed by atoms with Gasteiger partial charge in [-0.05, 0) is 17.7 Å². The lowest BCUT2D eigenvalue weighted by Gasteiger charge is -2.09. The Morgan fingerprint density at radius 3 is 2.67 bits per heavy atom. The first kappa shape index (κ1) is 12.3. The van der Waals surface area contributed by atoms with Gasteiger partial charge in [0.25, 0.3) is 0 Å². The molecule has 0 fully saturated rings. The maximum atomic E-state index is 12.7. The van der Waals surface area contributed by atoms with E-state index < -0.39 is 17.7 Å². The fourth-order valence-electron chi connectivity index (χ4n) is 1.71. The van der Waals surface area contributed by atoms with E-state index in [0.717, 1.165) is 12.3 Å². The van der Waals surface area contributed by atoms with Crippen molar-refractivity contribution in [1.82, 2.24) is 4.98 Å². The highest BCUT2D eigenvalue weighted by atomic mass is 19.4. The molecule has 3 nitrogen and oxygen atoms in total. The summed E-state index contributed by atoms with van der Waals surface area (Å²) in [5.74, 6) is -1.05. The molecule has 1 N–H and O–H groups in total. The maximum absolute atomic E-state index is 12.7. The molecule has 2 rings (SSSR count). The summed E-state index contributed by atoms with van der Waals surface area (Å²) >= 11 is 0. The van der Waals surface area contributed by atoms with Crippen LogP contribution in [0.2, 0.25) is 0 Å². The number of fused-ring (bicyclic) bond motifs is 1. The van der Waals surface area contributed by atoms with Gasteiger partial charge in [0.05, 0.1) is 17.5 Å². The van der Waals surface area contributed by atoms with Crippen molar-refractivity contribution in [3.8, 4) is 0 Å². The van der Waals surface area contributed by atoms with E-state index in [1.807, 2.05) is 0 Å². The largest absolute Gasteiger partial charge is 0.481 e. The van der Waals surface area contributed by atoms with Crippen LogP contribution >= 0.6 is 0 Å². The van der Waals surface area contributed by atoms with Crippen molar-refractivity contribution in [3.63, 3.8) is 0 Å². The number of aromatic nitrogens is 1. The molecule has 0 amide bonds. The molecule has 0 aliphatic heterocycles. The average molecular weight is 255 g/mol. The Bertz CT molecular complexity index is 608. The minimum absolute atomic E-state index is 0.167. The summed E-state index contributed by atoms with van der Waals surface area (Å²) in [5, 5.41) is 8.90. The Labute approximate surface area is 99.9 Å². The van der Waals surface area contributed by atoms with Crippen molar-refractivity contribution >= 4 is 16.9 Å². The van der Waals surface area contributed by atoms with Crippen molar-refractivity contribution in [2.45, 2.75) is 12.6 Å². The highest BCUT2D eigenvalue weighted by Gasteiger charge is 2.32. The standard InChI is InChI=1S/C12H8F3NO2/c13-12(14,15)9-3-1-2-8-4-7(5-10(17)18)6-16-11(8)9/h1-4,6H,5H2,(H,17,18). The van der Waals surface area contributed by atoms with Crippen LogP contribution in [0.5, 0.6) is 0 Å². The Kier molecular flexibility index (Phi) is 2.94. The van der Waals surface area contributed by atoms with Crippen LogP contribution in [0.4, 0.5) is 13.2 Å². The number of alkyl halides is 3. The fraction of sp³-hybridized carbons (Fsp3) is 0.167. The van der Waals surface area contributed by atoms with Crippen LogP contribution in [-0.2, 0) is 17.4 Å². The zero-order valence-electron chi connectivity index (χ0n) is 9.03. The zero-order chi connectivity index (χ0) is 13.3. The fourth-order valence-corrected chi connectivity index (χ4v) is 1.71. The first-order valence-electron chi connectivity index (χ1n) is 5.04. The molecule has 18 heavy (non-hydrogen) atoms. The molecule has 0 aliphatic carbocycles. The molecule has 1 aromatic heterocycles. The van der Waals surface area contributed by atoms with Crippen molar-refractivity contribution in [2.24, 2.45) is 0 Å². The summed E-state index contributed by atoms with van der Waals surface area (Å²) in [6.45, 7) is 0. The second-order valence-electron chi connectivity index (χ2n) is 3.79. The van der Waals surface area contributed by atoms with Gasteiger partial charge in [-0.15, -0.1) is 0 Å². The molecule has 0 saturated heterocycles. The molecule has 1 aromatic carbocycles. The Morgan fingerprint density at radius 1 is 1.33 bits per heavy atom. The zero-order valence-corrected chi connectivity index (χ0v) is 9.03. The lowest BCUT2D eigenvalue weighted by molar-refractivity contribution is -0.137. The number of carbonyl (C=O) groups is 1. The van der Waals surface area contributed by atoms with E-state index in [0.29, 0.717) is 5.56 Å². The molecule has 1 heterocycles. The van der Waals surface area contributed by atoms with Gasteiger partial charge in [0.15, 0.2) is 0 Å². The molecule has 0 unspecified atom stereocenters. The van der Waals surface area contributed by atoms with Gasteiger partial charge in [0, 0.05) is 11.6 Å². The number of carboxylic acids is 1. The van der Waals surface area contributed by atoms with Crippen molar-refractivity contribution < 1.29 is 23.1 Å². The quantitative estimate of drug-likeness (QED) is 0.897. The van der Waals surface area contributed by atoms with E-state index in [9.17, 15) is 18.0 Å². The molecular formula is C12H8F3NO2. The summed E-state index contributed by atoms with van der Waals surface area (Å²) in [7, 11) is 0. The molecule has 6 heteroatoms. The second-order valence-corrected chi connectivity index (χ2v) is 3.79. The predicted molar refractivity (Wildman–Crippen MR) is 58.1 cm³/mol. The van der Waals surface area contributed by atoms with E-state index in [1.54, 1.807) is 0 Å². The Balaban J connectivity index is 2.57. The summed E-state index contributed by atoms with van der Waals surface area (Å²) in [5.41, 5.74) is -0.615. The SMILES string of the molecule is O=C(O)Cc1cnc2c(C(F)(F)F)cccc2c1. The first-order chi connectivity index (χ1) is 8.38. The van der Waals surface area contributed by atoms with Crippen LogP contribution in [-0.4, -0.2) is 16.1 Å². The van der Waals surface area contributed by atoms with Crippen LogP contribution in [0.15, 0.2) is 30.5 Å². The minimum Gasteiger partial charge on any atom is -0.481 e. The summed E-state index contributed by atoms with van der Waals surface area (Å²) in [6.07, 6.45) is -3.58. The molecular weight excluding hydrogens is 247 g/mol. The summed E-state index contributed by atoms with van der Waals surface area (Å²) in [6, 6.07) is 5.11. The van der Waals surface area contributed by atoms with E-state index in [4.69, 9.17) is 5.11 Å². The molecule has 94 valence electrons. The normalized spacial score (nSPS) is 11.7. The van der Waals surface area contributed by atoms with E-state index in [1.165, 1.54) is 18.2 Å². The van der Waals surface area contributed by atoms with E-state index >= 15 is 0 Å². The van der Waals surface area contributed by atoms with Crippen molar-refractivity contribution in [2.75, 3.05) is 0 Å². The minimum atomic E-state index is -4.47. The van der Waals surface area contributed by atoms with Crippen LogP contribution in [0.1, 0.15) is 11.1 Å². The lowest BCUT2D eigenvalue weighted by atomic mass is 10.1. The number of nitrogens with zero attached hydrogens (tertiary/aromatic N) is 1. The third-order valence-corrected chi connectivity index (χ3v) is 2.43. The van der Waals surface area contributed by atoms with Gasteiger partial charge in [-0.2, -0.15) is 13.2 Å². The number of para-hydroxylation sites is 1. The smallest absolute Gasteiger partial charge is 0.418 e. The van der Waals surface area contributed by atoms with Crippen molar-refractivity contribution in [3.05, 3.63) is 41.6 Å². The van der Waals surface area contributed by atoms with Gasteiger partial charge in [-0.1, -0.05) is 12.1 Å². The van der Waals surface area contributed by atoms with Gasteiger partial charge >= 0.3 is 12.1 Å². The first-order valence-corrected chi connectivity index (χ1v) is 5.04. The van der Waals surface area contributed by atoms with Gasteiger partial charge in [-0.3, -0.25) is 9.78 Å². The van der Waals surface area contributed by atoms with Crippen LogP contribution in [0.25, 0.3) is 10.9 Å².